The fourth-order valence-electron chi connectivity index (χ4n) is 5.51. The van der Waals surface area contributed by atoms with Gasteiger partial charge in [-0.2, -0.15) is 9.65 Å². The van der Waals surface area contributed by atoms with E-state index in [9.17, 15) is 18.4 Å². The lowest BCUT2D eigenvalue weighted by molar-refractivity contribution is -0.135. The van der Waals surface area contributed by atoms with E-state index in [1.165, 1.54) is 30.3 Å². The monoisotopic (exact) mass is 579 g/mol. The van der Waals surface area contributed by atoms with Gasteiger partial charge in [0.1, 0.15) is 11.9 Å². The molecule has 2 aliphatic rings. The molecule has 11 heteroatoms. The number of nitrogens with zero attached hydrogens (tertiary/aromatic N) is 5. The Hall–Kier alpha value is -4.23. The molecule has 5 rings (SSSR count). The van der Waals surface area contributed by atoms with E-state index in [0.717, 1.165) is 17.4 Å². The van der Waals surface area contributed by atoms with Gasteiger partial charge in [-0.3, -0.25) is 4.79 Å². The number of likely N-dealkylation sites (tertiary alicyclic amines) is 1. The van der Waals surface area contributed by atoms with Crippen molar-refractivity contribution in [2.24, 2.45) is 5.92 Å². The third-order valence-corrected chi connectivity index (χ3v) is 8.09. The highest BCUT2D eigenvalue weighted by Gasteiger charge is 2.42. The number of ether oxygens (including phenoxy) is 1. The number of amides is 2. The third kappa shape index (κ3) is 6.10. The first-order chi connectivity index (χ1) is 19.7. The Morgan fingerprint density at radius 1 is 1.07 bits per heavy atom. The summed E-state index contributed by atoms with van der Waals surface area (Å²) in [5, 5.41) is 9.57. The first-order valence-corrected chi connectivity index (χ1v) is 13.7. The molecule has 212 valence electrons. The normalized spacial score (nSPS) is 19.1. The third-order valence-electron chi connectivity index (χ3n) is 7.84. The van der Waals surface area contributed by atoms with Gasteiger partial charge >= 0.3 is 6.09 Å². The van der Waals surface area contributed by atoms with Crippen LogP contribution in [0.5, 0.6) is 5.75 Å². The number of anilines is 1. The number of likely N-dealkylation sites (N-methyl/N-ethyl adjacent to an activating group) is 1. The van der Waals surface area contributed by atoms with Crippen LogP contribution < -0.4 is 9.64 Å². The van der Waals surface area contributed by atoms with E-state index in [1.807, 2.05) is 18.2 Å². The molecule has 8 nitrogen and oxygen atoms in total. The summed E-state index contributed by atoms with van der Waals surface area (Å²) < 4.78 is 33.0. The van der Waals surface area contributed by atoms with Crippen LogP contribution in [0.4, 0.5) is 19.4 Å². The minimum atomic E-state index is -1.24. The number of carbonyl (C=O) groups excluding carboxylic acids is 2. The van der Waals surface area contributed by atoms with Crippen molar-refractivity contribution in [3.63, 3.8) is 0 Å². The molecule has 3 heterocycles. The number of piperidine rings is 1. The molecule has 3 aromatic rings. The quantitative estimate of drug-likeness (QED) is 0.411. The smallest absolute Gasteiger partial charge is 0.407 e. The van der Waals surface area contributed by atoms with E-state index in [1.54, 1.807) is 23.1 Å². The van der Waals surface area contributed by atoms with Gasteiger partial charge in [0, 0.05) is 56.3 Å². The van der Waals surface area contributed by atoms with Gasteiger partial charge < -0.3 is 19.4 Å². The van der Waals surface area contributed by atoms with Crippen molar-refractivity contribution < 1.29 is 23.1 Å². The second kappa shape index (κ2) is 12.1. The van der Waals surface area contributed by atoms with E-state index in [0.29, 0.717) is 43.1 Å². The molecule has 0 aliphatic carbocycles. The van der Waals surface area contributed by atoms with Gasteiger partial charge in [0.05, 0.1) is 11.6 Å². The fraction of sp³-hybridized carbons (Fsp3) is 0.333. The molecule has 0 spiro atoms. The summed E-state index contributed by atoms with van der Waals surface area (Å²) in [6.45, 7) is 1.95. The molecular formula is C30H28ClF2N5O3. The molecule has 2 fully saturated rings. The van der Waals surface area contributed by atoms with Gasteiger partial charge in [0.2, 0.25) is 11.7 Å². The summed E-state index contributed by atoms with van der Waals surface area (Å²) in [5.41, 5.74) is 1.39. The molecule has 0 bridgehead atoms. The highest BCUT2D eigenvalue weighted by Crippen LogP contribution is 2.34. The highest BCUT2D eigenvalue weighted by molar-refractivity contribution is 6.30. The Kier molecular flexibility index (Phi) is 8.36. The molecule has 0 unspecified atom stereocenters. The predicted molar refractivity (Wildman–Crippen MR) is 149 cm³/mol. The molecule has 0 N–H and O–H groups in total. The number of carbonyl (C=O) groups is 2. The summed E-state index contributed by atoms with van der Waals surface area (Å²) in [7, 11) is 1.53. The predicted octanol–water partition coefficient (Wildman–Crippen LogP) is 5.23. The number of aromatic nitrogens is 1. The van der Waals surface area contributed by atoms with E-state index >= 15 is 0 Å². The van der Waals surface area contributed by atoms with Gasteiger partial charge in [-0.15, -0.1) is 0 Å². The van der Waals surface area contributed by atoms with Gasteiger partial charge in [-0.05, 0) is 54.8 Å². The number of benzene rings is 2. The van der Waals surface area contributed by atoms with Crippen molar-refractivity contribution in [3.8, 4) is 11.8 Å². The molecule has 2 atom stereocenters. The minimum Gasteiger partial charge on any atom is -0.407 e. The minimum absolute atomic E-state index is 0.0110. The molecule has 0 radical (unpaired) electrons. The van der Waals surface area contributed by atoms with Crippen LogP contribution in [0.1, 0.15) is 29.9 Å². The van der Waals surface area contributed by atoms with Crippen molar-refractivity contribution in [3.05, 3.63) is 88.6 Å². The Labute approximate surface area is 241 Å². The van der Waals surface area contributed by atoms with Crippen molar-refractivity contribution in [2.75, 3.05) is 38.1 Å². The van der Waals surface area contributed by atoms with Crippen molar-refractivity contribution in [2.45, 2.75) is 24.8 Å². The lowest BCUT2D eigenvalue weighted by atomic mass is 9.93. The van der Waals surface area contributed by atoms with Crippen LogP contribution in [0.3, 0.4) is 0 Å². The zero-order valence-electron chi connectivity index (χ0n) is 22.3. The molecular weight excluding hydrogens is 552 g/mol. The largest absolute Gasteiger partial charge is 0.415 e. The van der Waals surface area contributed by atoms with E-state index in [4.69, 9.17) is 21.6 Å². The van der Waals surface area contributed by atoms with Crippen LogP contribution in [0.2, 0.25) is 5.02 Å². The van der Waals surface area contributed by atoms with Crippen molar-refractivity contribution in [1.82, 2.24) is 14.8 Å². The van der Waals surface area contributed by atoms with Gasteiger partial charge in [-0.1, -0.05) is 29.8 Å². The Bertz CT molecular complexity index is 1460. The van der Waals surface area contributed by atoms with Crippen molar-refractivity contribution >= 4 is 29.4 Å². The lowest BCUT2D eigenvalue weighted by Crippen LogP contribution is -2.45. The molecule has 2 saturated heterocycles. The van der Waals surface area contributed by atoms with Crippen LogP contribution in [-0.4, -0.2) is 66.1 Å². The van der Waals surface area contributed by atoms with E-state index < -0.39 is 29.5 Å². The summed E-state index contributed by atoms with van der Waals surface area (Å²) >= 11 is 6.10. The first kappa shape index (κ1) is 28.3. The topological polar surface area (TPSA) is 89.8 Å². The maximum absolute atomic E-state index is 14.2. The summed E-state index contributed by atoms with van der Waals surface area (Å²) in [6, 6.07) is 15.8. The zero-order valence-corrected chi connectivity index (χ0v) is 23.1. The van der Waals surface area contributed by atoms with Crippen LogP contribution in [-0.2, 0) is 4.79 Å². The second-order valence-corrected chi connectivity index (χ2v) is 10.7. The van der Waals surface area contributed by atoms with Gasteiger partial charge in [0.15, 0.2) is 11.6 Å². The maximum atomic E-state index is 14.2. The Morgan fingerprint density at radius 2 is 1.80 bits per heavy atom. The fourth-order valence-corrected chi connectivity index (χ4v) is 5.64. The average molecular weight is 580 g/mol. The summed E-state index contributed by atoms with van der Waals surface area (Å²) in [6.07, 6.45) is 1.97. The van der Waals surface area contributed by atoms with Crippen molar-refractivity contribution in [1.29, 1.82) is 5.26 Å². The molecule has 2 aromatic carbocycles. The highest BCUT2D eigenvalue weighted by atomic mass is 35.5. The molecule has 1 aromatic heterocycles. The Balaban J connectivity index is 1.29. The van der Waals surface area contributed by atoms with Crippen LogP contribution in [0, 0.1) is 28.9 Å². The van der Waals surface area contributed by atoms with Crippen LogP contribution in [0.15, 0.2) is 60.8 Å². The first-order valence-electron chi connectivity index (χ1n) is 13.3. The second-order valence-electron chi connectivity index (χ2n) is 10.3. The number of hydrogen-bond acceptors (Lipinski definition) is 6. The number of nitriles is 1. The maximum Gasteiger partial charge on any atom is 0.415 e. The Morgan fingerprint density at radius 3 is 2.46 bits per heavy atom. The van der Waals surface area contributed by atoms with E-state index in [-0.39, 0.29) is 24.3 Å². The zero-order chi connectivity index (χ0) is 29.1. The lowest BCUT2D eigenvalue weighted by Gasteiger charge is -2.34. The van der Waals surface area contributed by atoms with Crippen LogP contribution in [0.25, 0.3) is 0 Å². The number of rotatable bonds is 5. The summed E-state index contributed by atoms with van der Waals surface area (Å²) in [5.74, 6) is -2.50. The van der Waals surface area contributed by atoms with E-state index in [2.05, 4.69) is 16.0 Å². The molecule has 2 aliphatic heterocycles. The number of pyridine rings is 1. The summed E-state index contributed by atoms with van der Waals surface area (Å²) in [4.78, 5) is 36.3. The standard InChI is InChI=1S/C30H28ClF2N5O3/c1-36(30(40)41-26-4-2-3-24(32)28(26)33)25-18-38(17-23(25)20-6-8-22(31)9-7-20)29(39)21-11-13-37(14-12-21)27-10-5-19(15-34)16-35-27/h2-10,16,21,23,25H,11-14,17-18H2,1H3/t23-,25+/m0/s1. The number of hydrogen-bond donors (Lipinski definition) is 0. The van der Waals surface area contributed by atoms with Crippen LogP contribution >= 0.6 is 11.6 Å². The average Bonchev–Trinajstić information content (AvgIpc) is 3.44. The molecule has 2 amide bonds. The SMILES string of the molecule is CN(C(=O)Oc1cccc(F)c1F)[C@@H]1CN(C(=O)C2CCN(c3ccc(C#N)cn3)CC2)C[C@H]1c1ccc(Cl)cc1. The number of halogens is 3. The molecule has 0 saturated carbocycles. The van der Waals surface area contributed by atoms with Gasteiger partial charge in [-0.25, -0.2) is 14.2 Å². The molecule has 41 heavy (non-hydrogen) atoms. The van der Waals surface area contributed by atoms with Gasteiger partial charge in [0.25, 0.3) is 0 Å².